The number of hydrogen-bond acceptors (Lipinski definition) is 1. The Morgan fingerprint density at radius 2 is 1.65 bits per heavy atom. The Bertz CT molecular complexity index is 195. The van der Waals surface area contributed by atoms with Crippen molar-refractivity contribution in [1.82, 2.24) is 0 Å². The van der Waals surface area contributed by atoms with Crippen LogP contribution in [0.1, 0.15) is 64.2 Å². The second-order valence-electron chi connectivity index (χ2n) is 5.25. The molecule has 1 N–H and O–H groups in total. The second-order valence-corrected chi connectivity index (χ2v) is 5.25. The van der Waals surface area contributed by atoms with Gasteiger partial charge in [-0.2, -0.15) is 13.2 Å². The summed E-state index contributed by atoms with van der Waals surface area (Å²) in [6.45, 7) is 0. The molecule has 102 valence electrons. The Hall–Kier alpha value is -0.250. The van der Waals surface area contributed by atoms with Crippen molar-refractivity contribution in [3.63, 3.8) is 0 Å². The summed E-state index contributed by atoms with van der Waals surface area (Å²) in [6, 6.07) is 0. The van der Waals surface area contributed by atoms with Crippen LogP contribution in [0.3, 0.4) is 0 Å². The van der Waals surface area contributed by atoms with Gasteiger partial charge in [-0.05, 0) is 25.2 Å². The lowest BCUT2D eigenvalue weighted by molar-refractivity contribution is -0.136. The fraction of sp³-hybridized carbons (Fsp3) is 1.00. The molecule has 0 spiro atoms. The molecule has 1 rings (SSSR count). The number of rotatable bonds is 5. The van der Waals surface area contributed by atoms with Crippen molar-refractivity contribution >= 4 is 0 Å². The number of aliphatic hydroxyl groups is 1. The van der Waals surface area contributed by atoms with E-state index in [9.17, 15) is 18.3 Å². The molecule has 0 saturated heterocycles. The fourth-order valence-electron chi connectivity index (χ4n) is 2.64. The molecule has 0 aromatic rings. The van der Waals surface area contributed by atoms with Gasteiger partial charge < -0.3 is 5.11 Å². The fourth-order valence-corrected chi connectivity index (χ4v) is 2.64. The van der Waals surface area contributed by atoms with E-state index in [2.05, 4.69) is 0 Å². The Kier molecular flexibility index (Phi) is 6.31. The molecule has 0 aromatic carbocycles. The first kappa shape index (κ1) is 14.8. The van der Waals surface area contributed by atoms with Crippen LogP contribution in [0, 0.1) is 5.92 Å². The third-order valence-electron chi connectivity index (χ3n) is 3.58. The summed E-state index contributed by atoms with van der Waals surface area (Å²) < 4.78 is 35.8. The maximum absolute atomic E-state index is 11.9. The molecule has 1 atom stereocenters. The van der Waals surface area contributed by atoms with Gasteiger partial charge in [-0.15, -0.1) is 0 Å². The third-order valence-corrected chi connectivity index (χ3v) is 3.58. The van der Waals surface area contributed by atoms with Gasteiger partial charge >= 0.3 is 6.18 Å². The molecule has 17 heavy (non-hydrogen) atoms. The highest BCUT2D eigenvalue weighted by Crippen LogP contribution is 2.28. The topological polar surface area (TPSA) is 20.2 Å². The van der Waals surface area contributed by atoms with E-state index < -0.39 is 18.7 Å². The third kappa shape index (κ3) is 7.63. The zero-order chi connectivity index (χ0) is 12.7. The van der Waals surface area contributed by atoms with Crippen molar-refractivity contribution in [1.29, 1.82) is 0 Å². The molecule has 1 unspecified atom stereocenters. The van der Waals surface area contributed by atoms with E-state index in [1.165, 1.54) is 25.7 Å². The van der Waals surface area contributed by atoms with Gasteiger partial charge in [0.2, 0.25) is 0 Å². The minimum absolute atomic E-state index is 0.0530. The van der Waals surface area contributed by atoms with Gasteiger partial charge in [0.25, 0.3) is 0 Å². The number of aliphatic hydroxyl groups excluding tert-OH is 1. The van der Waals surface area contributed by atoms with Crippen molar-refractivity contribution in [2.24, 2.45) is 5.92 Å². The molecule has 0 aromatic heterocycles. The quantitative estimate of drug-likeness (QED) is 0.717. The molecular formula is C13H23F3O. The molecular weight excluding hydrogens is 229 g/mol. The van der Waals surface area contributed by atoms with Crippen molar-refractivity contribution in [3.05, 3.63) is 0 Å². The average molecular weight is 252 g/mol. The van der Waals surface area contributed by atoms with E-state index in [4.69, 9.17) is 0 Å². The lowest BCUT2D eigenvalue weighted by Gasteiger charge is -2.18. The molecule has 4 heteroatoms. The largest absolute Gasteiger partial charge is 0.393 e. The normalized spacial score (nSPS) is 21.2. The van der Waals surface area contributed by atoms with Crippen LogP contribution >= 0.6 is 0 Å². The highest BCUT2D eigenvalue weighted by Gasteiger charge is 2.26. The van der Waals surface area contributed by atoms with Crippen LogP contribution in [0.25, 0.3) is 0 Å². The highest BCUT2D eigenvalue weighted by atomic mass is 19.4. The Morgan fingerprint density at radius 3 is 2.18 bits per heavy atom. The monoisotopic (exact) mass is 252 g/mol. The molecule has 1 saturated carbocycles. The number of halogens is 3. The molecule has 0 aliphatic heterocycles. The van der Waals surface area contributed by atoms with Gasteiger partial charge in [-0.25, -0.2) is 0 Å². The van der Waals surface area contributed by atoms with Gasteiger partial charge in [0.15, 0.2) is 0 Å². The van der Waals surface area contributed by atoms with E-state index in [0.717, 1.165) is 12.8 Å². The van der Waals surface area contributed by atoms with E-state index >= 15 is 0 Å². The molecule has 1 fully saturated rings. The second kappa shape index (κ2) is 7.24. The molecule has 0 radical (unpaired) electrons. The summed E-state index contributed by atoms with van der Waals surface area (Å²) in [4.78, 5) is 0. The smallest absolute Gasteiger partial charge is 0.389 e. The van der Waals surface area contributed by atoms with Gasteiger partial charge in [0.05, 0.1) is 6.10 Å². The van der Waals surface area contributed by atoms with Crippen molar-refractivity contribution in [3.8, 4) is 0 Å². The first-order chi connectivity index (χ1) is 7.97. The summed E-state index contributed by atoms with van der Waals surface area (Å²) in [5.74, 6) is 0.526. The Labute approximate surface area is 101 Å². The first-order valence-electron chi connectivity index (χ1n) is 6.72. The molecule has 0 amide bonds. The van der Waals surface area contributed by atoms with E-state index in [0.29, 0.717) is 12.3 Å². The standard InChI is InChI=1S/C13H23F3O/c14-13(15,16)9-5-8-12(17)10-11-6-3-1-2-4-7-11/h11-12,17H,1-10H2. The van der Waals surface area contributed by atoms with E-state index in [1.54, 1.807) is 0 Å². The molecule has 1 aliphatic carbocycles. The van der Waals surface area contributed by atoms with E-state index in [1.807, 2.05) is 0 Å². The van der Waals surface area contributed by atoms with Crippen LogP contribution in [-0.4, -0.2) is 17.4 Å². The summed E-state index contributed by atoms with van der Waals surface area (Å²) >= 11 is 0. The van der Waals surface area contributed by atoms with Crippen LogP contribution in [-0.2, 0) is 0 Å². The van der Waals surface area contributed by atoms with Crippen LogP contribution in [0.15, 0.2) is 0 Å². The average Bonchev–Trinajstić information content (AvgIpc) is 2.44. The van der Waals surface area contributed by atoms with Crippen LogP contribution < -0.4 is 0 Å². The van der Waals surface area contributed by atoms with Crippen LogP contribution in [0.2, 0.25) is 0 Å². The minimum Gasteiger partial charge on any atom is -0.393 e. The lowest BCUT2D eigenvalue weighted by Crippen LogP contribution is -2.15. The van der Waals surface area contributed by atoms with Gasteiger partial charge in [0, 0.05) is 6.42 Å². The van der Waals surface area contributed by atoms with Gasteiger partial charge in [-0.3, -0.25) is 0 Å². The van der Waals surface area contributed by atoms with Crippen molar-refractivity contribution < 1.29 is 18.3 Å². The molecule has 0 heterocycles. The van der Waals surface area contributed by atoms with Crippen molar-refractivity contribution in [2.45, 2.75) is 76.5 Å². The number of hydrogen-bond donors (Lipinski definition) is 1. The molecule has 0 bridgehead atoms. The maximum Gasteiger partial charge on any atom is 0.389 e. The molecule has 1 aliphatic rings. The van der Waals surface area contributed by atoms with Crippen LogP contribution in [0.5, 0.6) is 0 Å². The predicted molar refractivity (Wildman–Crippen MR) is 61.7 cm³/mol. The zero-order valence-corrected chi connectivity index (χ0v) is 10.3. The summed E-state index contributed by atoms with van der Waals surface area (Å²) in [6.07, 6.45) is 2.86. The first-order valence-corrected chi connectivity index (χ1v) is 6.72. The summed E-state index contributed by atoms with van der Waals surface area (Å²) in [5.41, 5.74) is 0. The Balaban J connectivity index is 2.12. The minimum atomic E-state index is -4.08. The van der Waals surface area contributed by atoms with Crippen LogP contribution in [0.4, 0.5) is 13.2 Å². The SMILES string of the molecule is OC(CCCC(F)(F)F)CC1CCCCCC1. The van der Waals surface area contributed by atoms with E-state index in [-0.39, 0.29) is 12.8 Å². The summed E-state index contributed by atoms with van der Waals surface area (Å²) in [5, 5.41) is 9.72. The van der Waals surface area contributed by atoms with Crippen molar-refractivity contribution in [2.75, 3.05) is 0 Å². The van der Waals surface area contributed by atoms with Gasteiger partial charge in [-0.1, -0.05) is 38.5 Å². The highest BCUT2D eigenvalue weighted by molar-refractivity contribution is 4.69. The molecule has 1 nitrogen and oxygen atoms in total. The summed E-state index contributed by atoms with van der Waals surface area (Å²) in [7, 11) is 0. The predicted octanol–water partition coefficient (Wildman–Crippen LogP) is 4.44. The van der Waals surface area contributed by atoms with Gasteiger partial charge in [0.1, 0.15) is 0 Å². The lowest BCUT2D eigenvalue weighted by atomic mass is 9.92. The zero-order valence-electron chi connectivity index (χ0n) is 10.3. The number of alkyl halides is 3. The Morgan fingerprint density at radius 1 is 1.06 bits per heavy atom. The maximum atomic E-state index is 11.9.